The third kappa shape index (κ3) is 7.59. The highest BCUT2D eigenvalue weighted by Crippen LogP contribution is 2.53. The predicted octanol–water partition coefficient (Wildman–Crippen LogP) is 6.18. The van der Waals surface area contributed by atoms with Crippen LogP contribution in [0.15, 0.2) is 39.0 Å². The minimum atomic E-state index is 0.115. The van der Waals surface area contributed by atoms with Crippen LogP contribution in [-0.4, -0.2) is 56.6 Å². The maximum absolute atomic E-state index is 8.70. The Morgan fingerprint density at radius 3 is 2.00 bits per heavy atom. The molecule has 8 nitrogen and oxygen atoms in total. The first-order chi connectivity index (χ1) is 18.4. The summed E-state index contributed by atoms with van der Waals surface area (Å²) < 4.78 is 23.8. The summed E-state index contributed by atoms with van der Waals surface area (Å²) in [6, 6.07) is 7.72. The number of nitrogens with two attached hydrogens (primary N) is 1. The summed E-state index contributed by atoms with van der Waals surface area (Å²) in [5, 5.41) is 20.6. The number of benzene rings is 2. The van der Waals surface area contributed by atoms with Crippen molar-refractivity contribution in [2.45, 2.75) is 66.9 Å². The third-order valence-electron chi connectivity index (χ3n) is 5.84. The second kappa shape index (κ2) is 15.3. The largest absolute Gasteiger partial charge is 0.489 e. The number of unbranched alkanes of at least 4 members (excludes halogenated alkanes) is 1. The number of anilines is 1. The molecule has 10 heteroatoms. The van der Waals surface area contributed by atoms with Crippen LogP contribution in [0.5, 0.6) is 11.5 Å². The summed E-state index contributed by atoms with van der Waals surface area (Å²) in [5.74, 6) is 1.38. The molecule has 1 unspecified atom stereocenters. The van der Waals surface area contributed by atoms with Gasteiger partial charge in [0, 0.05) is 29.0 Å². The van der Waals surface area contributed by atoms with Crippen LogP contribution in [0.2, 0.25) is 0 Å². The molecule has 3 rings (SSSR count). The molecule has 1 aliphatic rings. The van der Waals surface area contributed by atoms with Crippen LogP contribution < -0.4 is 20.5 Å². The van der Waals surface area contributed by atoms with Gasteiger partial charge in [-0.05, 0) is 32.4 Å². The molecule has 2 aromatic rings. The van der Waals surface area contributed by atoms with Gasteiger partial charge in [0.1, 0.15) is 36.4 Å². The van der Waals surface area contributed by atoms with Crippen molar-refractivity contribution in [3.05, 3.63) is 35.4 Å². The standard InChI is InChI=1S/C28H40N4O4S2/c1-5-8-11-18(4)37-25-23(35-16-14-33-6-2)21-22(28(31)32-27(21)30)24(36-17-15-34-7-3)26(25)38-20-13-10-9-12-19(20)29/h9-10,12-13,18H,5-8,11,14-17,29H2,1-4H3,(H3,30,31,32). The summed E-state index contributed by atoms with van der Waals surface area (Å²) in [6.07, 6.45) is 3.28. The lowest BCUT2D eigenvalue weighted by Crippen LogP contribution is -2.20. The number of ether oxygens (including phenoxy) is 4. The fourth-order valence-corrected chi connectivity index (χ4v) is 6.41. The molecule has 5 N–H and O–H groups in total. The molecular formula is C28H40N4O4S2. The predicted molar refractivity (Wildman–Crippen MR) is 157 cm³/mol. The van der Waals surface area contributed by atoms with Crippen LogP contribution in [0.4, 0.5) is 5.69 Å². The zero-order chi connectivity index (χ0) is 27.5. The van der Waals surface area contributed by atoms with Crippen molar-refractivity contribution in [3.8, 4) is 11.5 Å². The van der Waals surface area contributed by atoms with Gasteiger partial charge in [0.05, 0.1) is 34.1 Å². The van der Waals surface area contributed by atoms with Crippen LogP contribution in [0.25, 0.3) is 0 Å². The molecule has 0 saturated heterocycles. The van der Waals surface area contributed by atoms with Crippen molar-refractivity contribution < 1.29 is 18.9 Å². The fraction of sp³-hybridized carbons (Fsp3) is 0.500. The zero-order valence-corrected chi connectivity index (χ0v) is 24.4. The van der Waals surface area contributed by atoms with E-state index in [-0.39, 0.29) is 11.7 Å². The van der Waals surface area contributed by atoms with E-state index in [2.05, 4.69) is 19.2 Å². The Hall–Kier alpha value is -2.40. The number of nitrogen functional groups attached to an aromatic ring is 1. The first kappa shape index (κ1) is 30.1. The average molecular weight is 561 g/mol. The van der Waals surface area contributed by atoms with Crippen molar-refractivity contribution in [1.29, 1.82) is 10.8 Å². The maximum atomic E-state index is 8.70. The Labute approximate surface area is 234 Å². The SMILES string of the molecule is CCCCC(C)Sc1c(OCCOCC)c2c(c(OCCOCC)c1Sc1ccccc1N)C(=N)NC2=N. The van der Waals surface area contributed by atoms with Gasteiger partial charge in [-0.3, -0.25) is 10.8 Å². The number of thioether (sulfide) groups is 1. The Balaban J connectivity index is 2.22. The van der Waals surface area contributed by atoms with E-state index in [9.17, 15) is 0 Å². The second-order valence-corrected chi connectivity index (χ2v) is 11.2. The molecule has 0 saturated carbocycles. The van der Waals surface area contributed by atoms with Crippen molar-refractivity contribution in [2.75, 3.05) is 45.4 Å². The number of nitrogens with one attached hydrogen (secondary N) is 3. The highest BCUT2D eigenvalue weighted by Gasteiger charge is 2.36. The van der Waals surface area contributed by atoms with E-state index in [0.29, 0.717) is 73.2 Å². The molecule has 1 aliphatic heterocycles. The first-order valence-corrected chi connectivity index (χ1v) is 14.9. The second-order valence-electron chi connectivity index (χ2n) is 8.74. The van der Waals surface area contributed by atoms with Crippen LogP contribution >= 0.6 is 23.5 Å². The van der Waals surface area contributed by atoms with Gasteiger partial charge >= 0.3 is 0 Å². The smallest absolute Gasteiger partial charge is 0.146 e. The van der Waals surface area contributed by atoms with E-state index < -0.39 is 0 Å². The van der Waals surface area contributed by atoms with Gasteiger partial charge in [-0.25, -0.2) is 0 Å². The van der Waals surface area contributed by atoms with Crippen LogP contribution in [0.3, 0.4) is 0 Å². The number of hydrogen-bond donors (Lipinski definition) is 4. The fourth-order valence-electron chi connectivity index (χ4n) is 3.99. The Kier molecular flexibility index (Phi) is 12.1. The van der Waals surface area contributed by atoms with Crippen LogP contribution in [-0.2, 0) is 9.47 Å². The molecule has 1 atom stereocenters. The minimum absolute atomic E-state index is 0.115. The van der Waals surface area contributed by atoms with Gasteiger partial charge in [0.25, 0.3) is 0 Å². The normalized spacial score (nSPS) is 13.4. The third-order valence-corrected chi connectivity index (χ3v) is 8.42. The average Bonchev–Trinajstić information content (AvgIpc) is 3.20. The van der Waals surface area contributed by atoms with E-state index in [1.807, 2.05) is 38.1 Å². The number of rotatable bonds is 17. The summed E-state index contributed by atoms with van der Waals surface area (Å²) in [5.41, 5.74) is 8.10. The Morgan fingerprint density at radius 2 is 1.45 bits per heavy atom. The summed E-state index contributed by atoms with van der Waals surface area (Å²) in [4.78, 5) is 2.61. The number of hydrogen-bond acceptors (Lipinski definition) is 9. The first-order valence-electron chi connectivity index (χ1n) is 13.2. The monoisotopic (exact) mass is 560 g/mol. The van der Waals surface area contributed by atoms with Crippen molar-refractivity contribution in [2.24, 2.45) is 0 Å². The van der Waals surface area contributed by atoms with E-state index in [1.54, 1.807) is 11.8 Å². The summed E-state index contributed by atoms with van der Waals surface area (Å²) in [7, 11) is 0. The highest BCUT2D eigenvalue weighted by molar-refractivity contribution is 8.02. The van der Waals surface area contributed by atoms with E-state index >= 15 is 0 Å². The van der Waals surface area contributed by atoms with Gasteiger partial charge < -0.3 is 30.0 Å². The molecule has 0 amide bonds. The Morgan fingerprint density at radius 1 is 0.868 bits per heavy atom. The molecule has 0 fully saturated rings. The van der Waals surface area contributed by atoms with Gasteiger partial charge in [-0.2, -0.15) is 0 Å². The molecule has 0 aromatic heterocycles. The van der Waals surface area contributed by atoms with Crippen LogP contribution in [0.1, 0.15) is 58.1 Å². The lowest BCUT2D eigenvalue weighted by molar-refractivity contribution is 0.106. The number of amidine groups is 2. The minimum Gasteiger partial charge on any atom is -0.489 e. The lowest BCUT2D eigenvalue weighted by atomic mass is 10.1. The van der Waals surface area contributed by atoms with Gasteiger partial charge in [-0.1, -0.05) is 50.6 Å². The van der Waals surface area contributed by atoms with E-state index in [4.69, 9.17) is 35.5 Å². The van der Waals surface area contributed by atoms with Gasteiger partial charge in [-0.15, -0.1) is 11.8 Å². The summed E-state index contributed by atoms with van der Waals surface area (Å²) >= 11 is 3.23. The number of para-hydroxylation sites is 1. The molecule has 2 aromatic carbocycles. The Bertz CT molecular complexity index is 1110. The quantitative estimate of drug-likeness (QED) is 0.103. The highest BCUT2D eigenvalue weighted by atomic mass is 32.2. The number of fused-ring (bicyclic) bond motifs is 1. The van der Waals surface area contributed by atoms with Crippen molar-refractivity contribution in [3.63, 3.8) is 0 Å². The molecule has 0 aliphatic carbocycles. The van der Waals surface area contributed by atoms with Crippen LogP contribution in [0, 0.1) is 10.8 Å². The molecule has 0 spiro atoms. The lowest BCUT2D eigenvalue weighted by Gasteiger charge is -2.24. The van der Waals surface area contributed by atoms with Crippen molar-refractivity contribution in [1.82, 2.24) is 5.32 Å². The summed E-state index contributed by atoms with van der Waals surface area (Å²) in [6.45, 7) is 11.0. The molecule has 0 radical (unpaired) electrons. The molecule has 1 heterocycles. The molecular weight excluding hydrogens is 520 g/mol. The van der Waals surface area contributed by atoms with E-state index in [1.165, 1.54) is 11.8 Å². The molecule has 0 bridgehead atoms. The van der Waals surface area contributed by atoms with Gasteiger partial charge in [0.2, 0.25) is 0 Å². The zero-order valence-electron chi connectivity index (χ0n) is 22.8. The molecule has 38 heavy (non-hydrogen) atoms. The maximum Gasteiger partial charge on any atom is 0.146 e. The molecule has 208 valence electrons. The van der Waals surface area contributed by atoms with E-state index in [0.717, 1.165) is 33.9 Å². The van der Waals surface area contributed by atoms with Crippen molar-refractivity contribution >= 4 is 40.9 Å². The van der Waals surface area contributed by atoms with Gasteiger partial charge in [0.15, 0.2) is 0 Å². The topological polar surface area (TPSA) is 123 Å².